The zero-order valence-electron chi connectivity index (χ0n) is 12.7. The molecule has 2 aliphatic heterocycles. The van der Waals surface area contributed by atoms with Gasteiger partial charge >= 0.3 is 12.0 Å². The lowest BCUT2D eigenvalue weighted by Crippen LogP contribution is -2.56. The third-order valence-corrected chi connectivity index (χ3v) is 5.16. The molecule has 21 heavy (non-hydrogen) atoms. The van der Waals surface area contributed by atoms with Crippen LogP contribution in [-0.4, -0.2) is 77.1 Å². The molecule has 2 saturated heterocycles. The van der Waals surface area contributed by atoms with Gasteiger partial charge in [0.15, 0.2) is 0 Å². The number of hydrogen-bond donors (Lipinski definition) is 1. The predicted molar refractivity (Wildman–Crippen MR) is 78.1 cm³/mol. The van der Waals surface area contributed by atoms with Crippen molar-refractivity contribution in [3.8, 4) is 0 Å². The molecule has 2 amide bonds. The summed E-state index contributed by atoms with van der Waals surface area (Å²) < 4.78 is 0. The summed E-state index contributed by atoms with van der Waals surface area (Å²) in [6.45, 7) is 2.54. The number of rotatable bonds is 3. The van der Waals surface area contributed by atoms with E-state index in [4.69, 9.17) is 5.11 Å². The molecule has 3 rings (SSSR count). The maximum absolute atomic E-state index is 12.6. The molecule has 0 aromatic rings. The van der Waals surface area contributed by atoms with E-state index in [1.54, 1.807) is 4.90 Å². The molecule has 6 nitrogen and oxygen atoms in total. The first kappa shape index (κ1) is 14.6. The maximum atomic E-state index is 12.6. The van der Waals surface area contributed by atoms with E-state index in [2.05, 4.69) is 11.9 Å². The first-order valence-electron chi connectivity index (χ1n) is 8.04. The second kappa shape index (κ2) is 5.83. The van der Waals surface area contributed by atoms with Crippen LogP contribution in [0.15, 0.2) is 0 Å². The average Bonchev–Trinajstić information content (AvgIpc) is 3.28. The van der Waals surface area contributed by atoms with Gasteiger partial charge in [-0.05, 0) is 51.6 Å². The summed E-state index contributed by atoms with van der Waals surface area (Å²) in [6.07, 6.45) is 5.28. The van der Waals surface area contributed by atoms with Crippen LogP contribution in [0.25, 0.3) is 0 Å². The molecule has 1 N–H and O–H groups in total. The molecular formula is C15H25N3O3. The summed E-state index contributed by atoms with van der Waals surface area (Å²) in [5.74, 6) is -0.366. The minimum atomic E-state index is -0.914. The van der Waals surface area contributed by atoms with Crippen LogP contribution in [0.2, 0.25) is 0 Å². The minimum Gasteiger partial charge on any atom is -0.480 e. The molecule has 2 unspecified atom stereocenters. The summed E-state index contributed by atoms with van der Waals surface area (Å²) in [5, 5.41) is 9.01. The highest BCUT2D eigenvalue weighted by Crippen LogP contribution is 2.32. The summed E-state index contributed by atoms with van der Waals surface area (Å²) in [6, 6.07) is 0.684. The van der Waals surface area contributed by atoms with E-state index < -0.39 is 5.97 Å². The van der Waals surface area contributed by atoms with E-state index in [1.807, 2.05) is 4.90 Å². The maximum Gasteiger partial charge on any atom is 0.323 e. The van der Waals surface area contributed by atoms with Crippen molar-refractivity contribution >= 4 is 12.0 Å². The van der Waals surface area contributed by atoms with Gasteiger partial charge in [-0.2, -0.15) is 0 Å². The highest BCUT2D eigenvalue weighted by Gasteiger charge is 2.40. The highest BCUT2D eigenvalue weighted by molar-refractivity contribution is 5.81. The summed E-state index contributed by atoms with van der Waals surface area (Å²) in [5.41, 5.74) is 0. The Labute approximate surface area is 125 Å². The Hall–Kier alpha value is -1.30. The SMILES string of the molecule is CN1CCCC2CN(C(=O)N(CC(=O)O)C3CC3)CCC21. The van der Waals surface area contributed by atoms with Crippen LogP contribution in [-0.2, 0) is 4.79 Å². The number of hydrogen-bond acceptors (Lipinski definition) is 3. The van der Waals surface area contributed by atoms with Crippen molar-refractivity contribution in [3.05, 3.63) is 0 Å². The lowest BCUT2D eigenvalue weighted by Gasteiger charge is -2.46. The zero-order valence-corrected chi connectivity index (χ0v) is 12.7. The molecule has 0 spiro atoms. The van der Waals surface area contributed by atoms with Gasteiger partial charge in [0.25, 0.3) is 0 Å². The number of amides is 2. The summed E-state index contributed by atoms with van der Waals surface area (Å²) in [4.78, 5) is 29.5. The smallest absolute Gasteiger partial charge is 0.323 e. The van der Waals surface area contributed by atoms with Crippen LogP contribution < -0.4 is 0 Å². The highest BCUT2D eigenvalue weighted by atomic mass is 16.4. The Morgan fingerprint density at radius 3 is 2.62 bits per heavy atom. The van der Waals surface area contributed by atoms with Crippen molar-refractivity contribution in [3.63, 3.8) is 0 Å². The normalized spacial score (nSPS) is 29.9. The number of carboxylic acids is 1. The van der Waals surface area contributed by atoms with Gasteiger partial charge in [-0.1, -0.05) is 0 Å². The van der Waals surface area contributed by atoms with E-state index in [0.29, 0.717) is 12.0 Å². The van der Waals surface area contributed by atoms with E-state index >= 15 is 0 Å². The number of carboxylic acid groups (broad SMARTS) is 1. The van der Waals surface area contributed by atoms with Crippen molar-refractivity contribution in [2.24, 2.45) is 5.92 Å². The molecule has 0 aromatic carbocycles. The van der Waals surface area contributed by atoms with Crippen LogP contribution in [0, 0.1) is 5.92 Å². The second-order valence-corrected chi connectivity index (χ2v) is 6.72. The minimum absolute atomic E-state index is 0.0634. The average molecular weight is 295 g/mol. The van der Waals surface area contributed by atoms with Gasteiger partial charge in [0.05, 0.1) is 0 Å². The molecule has 2 heterocycles. The van der Waals surface area contributed by atoms with Gasteiger partial charge in [0.1, 0.15) is 6.54 Å². The fourth-order valence-corrected chi connectivity index (χ4v) is 3.89. The van der Waals surface area contributed by atoms with Crippen molar-refractivity contribution in [1.82, 2.24) is 14.7 Å². The molecule has 6 heteroatoms. The van der Waals surface area contributed by atoms with Gasteiger partial charge in [-0.3, -0.25) is 4.79 Å². The largest absolute Gasteiger partial charge is 0.480 e. The fourth-order valence-electron chi connectivity index (χ4n) is 3.89. The number of likely N-dealkylation sites (tertiary alicyclic amines) is 2. The van der Waals surface area contributed by atoms with Gasteiger partial charge in [0.2, 0.25) is 0 Å². The predicted octanol–water partition coefficient (Wildman–Crippen LogP) is 1.07. The number of nitrogens with zero attached hydrogens (tertiary/aromatic N) is 3. The van der Waals surface area contributed by atoms with Crippen LogP contribution >= 0.6 is 0 Å². The first-order valence-corrected chi connectivity index (χ1v) is 8.04. The van der Waals surface area contributed by atoms with Gasteiger partial charge < -0.3 is 19.8 Å². The van der Waals surface area contributed by atoms with Crippen LogP contribution in [0.1, 0.15) is 32.1 Å². The Bertz CT molecular complexity index is 424. The summed E-state index contributed by atoms with van der Waals surface area (Å²) >= 11 is 0. The molecule has 0 radical (unpaired) electrons. The lowest BCUT2D eigenvalue weighted by molar-refractivity contribution is -0.138. The van der Waals surface area contributed by atoms with Crippen LogP contribution in [0.4, 0.5) is 4.79 Å². The van der Waals surface area contributed by atoms with E-state index in [0.717, 1.165) is 38.9 Å². The van der Waals surface area contributed by atoms with Crippen molar-refractivity contribution in [2.75, 3.05) is 33.2 Å². The molecule has 3 fully saturated rings. The molecule has 0 aromatic heterocycles. The van der Waals surface area contributed by atoms with Gasteiger partial charge in [-0.25, -0.2) is 4.79 Å². The zero-order chi connectivity index (χ0) is 15.0. The first-order chi connectivity index (χ1) is 10.1. The monoisotopic (exact) mass is 295 g/mol. The number of aliphatic carboxylic acids is 1. The quantitative estimate of drug-likeness (QED) is 0.846. The Morgan fingerprint density at radius 2 is 1.95 bits per heavy atom. The molecule has 2 atom stereocenters. The number of urea groups is 1. The van der Waals surface area contributed by atoms with E-state index in [1.165, 1.54) is 12.8 Å². The van der Waals surface area contributed by atoms with E-state index in [9.17, 15) is 9.59 Å². The fraction of sp³-hybridized carbons (Fsp3) is 0.867. The Morgan fingerprint density at radius 1 is 1.19 bits per heavy atom. The van der Waals surface area contributed by atoms with Crippen molar-refractivity contribution in [1.29, 1.82) is 0 Å². The number of fused-ring (bicyclic) bond motifs is 1. The van der Waals surface area contributed by atoms with Crippen molar-refractivity contribution < 1.29 is 14.7 Å². The topological polar surface area (TPSA) is 64.1 Å². The number of carbonyl (C=O) groups is 2. The van der Waals surface area contributed by atoms with Crippen LogP contribution in [0.3, 0.4) is 0 Å². The third kappa shape index (κ3) is 3.15. The van der Waals surface area contributed by atoms with Gasteiger partial charge in [0, 0.05) is 25.2 Å². The third-order valence-electron chi connectivity index (χ3n) is 5.16. The molecule has 1 aliphatic carbocycles. The number of piperidine rings is 2. The van der Waals surface area contributed by atoms with E-state index in [-0.39, 0.29) is 18.6 Å². The Balaban J connectivity index is 1.63. The summed E-state index contributed by atoms with van der Waals surface area (Å²) in [7, 11) is 2.18. The molecular weight excluding hydrogens is 270 g/mol. The molecule has 1 saturated carbocycles. The molecule has 118 valence electrons. The standard InChI is InChI=1S/C15H25N3O3/c1-16-7-2-3-11-9-17(8-6-13(11)16)15(21)18(10-14(19)20)12-4-5-12/h11-13H,2-10H2,1H3,(H,19,20). The van der Waals surface area contributed by atoms with Crippen molar-refractivity contribution in [2.45, 2.75) is 44.2 Å². The Kier molecular flexibility index (Phi) is 4.06. The van der Waals surface area contributed by atoms with Crippen LogP contribution in [0.5, 0.6) is 0 Å². The number of carbonyl (C=O) groups excluding carboxylic acids is 1. The lowest BCUT2D eigenvalue weighted by atomic mass is 9.84. The molecule has 3 aliphatic rings. The second-order valence-electron chi connectivity index (χ2n) is 6.72. The van der Waals surface area contributed by atoms with Gasteiger partial charge in [-0.15, -0.1) is 0 Å². The molecule has 0 bridgehead atoms.